The van der Waals surface area contributed by atoms with E-state index < -0.39 is 13.2 Å². The molecule has 1 unspecified atom stereocenters. The summed E-state index contributed by atoms with van der Waals surface area (Å²) < 4.78 is 25.7. The summed E-state index contributed by atoms with van der Waals surface area (Å²) in [6.45, 7) is 8.34. The fourth-order valence-corrected chi connectivity index (χ4v) is 1.80. The smallest absolute Gasteiger partial charge is 0.311 e. The first kappa shape index (κ1) is 20.5. The Labute approximate surface area is 127 Å². The van der Waals surface area contributed by atoms with Gasteiger partial charge in [0.05, 0.1) is 18.6 Å². The van der Waals surface area contributed by atoms with Gasteiger partial charge in [-0.05, 0) is 33.9 Å². The lowest BCUT2D eigenvalue weighted by Crippen LogP contribution is -2.27. The molecular weight excluding hydrogens is 297 g/mol. The Balaban J connectivity index is 3.90. The summed E-state index contributed by atoms with van der Waals surface area (Å²) in [5.74, 6) is -0.375. The van der Waals surface area contributed by atoms with Gasteiger partial charge in [-0.25, -0.2) is 0 Å². The van der Waals surface area contributed by atoms with E-state index in [1.165, 1.54) is 0 Å². The quantitative estimate of drug-likeness (QED) is 0.322. The van der Waals surface area contributed by atoms with Gasteiger partial charge in [-0.3, -0.25) is 9.36 Å². The molecule has 0 aromatic heterocycles. The van der Waals surface area contributed by atoms with Crippen molar-refractivity contribution in [1.82, 2.24) is 4.90 Å². The number of carbonyl (C=O) groups excluding carboxylic acids is 1. The van der Waals surface area contributed by atoms with Crippen LogP contribution < -0.4 is 4.89 Å². The number of hydrogen-bond donors (Lipinski definition) is 0. The Morgan fingerprint density at radius 1 is 1.19 bits per heavy atom. The predicted octanol–water partition coefficient (Wildman–Crippen LogP) is 1.42. The SMILES string of the molecule is CCN(C)CCOP(=O)([O-])OCCOC(=O)C(C)(C)CC. The van der Waals surface area contributed by atoms with Crippen LogP contribution in [-0.2, 0) is 23.1 Å². The zero-order chi connectivity index (χ0) is 16.5. The third kappa shape index (κ3) is 9.22. The maximum absolute atomic E-state index is 11.6. The van der Waals surface area contributed by atoms with Crippen LogP contribution in [0.2, 0.25) is 0 Å². The summed E-state index contributed by atoms with van der Waals surface area (Å²) in [5.41, 5.74) is -0.581. The Kier molecular flexibility index (Phi) is 9.33. The van der Waals surface area contributed by atoms with E-state index in [-0.39, 0.29) is 25.8 Å². The number of phosphoric acid groups is 1. The van der Waals surface area contributed by atoms with Gasteiger partial charge in [-0.1, -0.05) is 13.8 Å². The lowest BCUT2D eigenvalue weighted by atomic mass is 9.91. The van der Waals surface area contributed by atoms with Gasteiger partial charge in [0.15, 0.2) is 0 Å². The maximum atomic E-state index is 11.6. The fourth-order valence-electron chi connectivity index (χ4n) is 1.13. The van der Waals surface area contributed by atoms with Gasteiger partial charge in [-0.2, -0.15) is 0 Å². The molecule has 0 aromatic rings. The van der Waals surface area contributed by atoms with Crippen LogP contribution in [-0.4, -0.2) is 50.8 Å². The van der Waals surface area contributed by atoms with Gasteiger partial charge in [0.25, 0.3) is 7.82 Å². The van der Waals surface area contributed by atoms with Crippen molar-refractivity contribution >= 4 is 13.8 Å². The molecular formula is C13H27NO6P-. The summed E-state index contributed by atoms with van der Waals surface area (Å²) in [7, 11) is -2.48. The van der Waals surface area contributed by atoms with Gasteiger partial charge in [0.1, 0.15) is 6.61 Å². The van der Waals surface area contributed by atoms with Crippen LogP contribution in [0.15, 0.2) is 0 Å². The second-order valence-electron chi connectivity index (χ2n) is 5.38. The third-order valence-electron chi connectivity index (χ3n) is 3.26. The number of hydrogen-bond acceptors (Lipinski definition) is 7. The van der Waals surface area contributed by atoms with Crippen LogP contribution in [0.3, 0.4) is 0 Å². The molecule has 1 atom stereocenters. The molecule has 0 amide bonds. The number of rotatable bonds is 11. The standard InChI is InChI=1S/C13H28NO6P/c1-6-13(3,4)12(15)18-10-11-20-21(16,17)19-9-8-14(5)7-2/h6-11H2,1-5H3,(H,16,17)/p-1. The van der Waals surface area contributed by atoms with Crippen molar-refractivity contribution in [2.24, 2.45) is 5.41 Å². The maximum Gasteiger partial charge on any atom is 0.311 e. The van der Waals surface area contributed by atoms with Gasteiger partial charge in [0, 0.05) is 6.54 Å². The van der Waals surface area contributed by atoms with E-state index in [1.807, 2.05) is 25.8 Å². The molecule has 0 N–H and O–H groups in total. The molecule has 126 valence electrons. The average Bonchev–Trinajstić information content (AvgIpc) is 2.42. The third-order valence-corrected chi connectivity index (χ3v) is 4.26. The lowest BCUT2D eigenvalue weighted by Gasteiger charge is -2.24. The molecule has 0 aliphatic carbocycles. The molecule has 0 rings (SSSR count). The molecule has 0 spiro atoms. The monoisotopic (exact) mass is 324 g/mol. The largest absolute Gasteiger partial charge is 0.756 e. The number of phosphoric ester groups is 1. The topological polar surface area (TPSA) is 88.1 Å². The summed E-state index contributed by atoms with van der Waals surface area (Å²) in [5, 5.41) is 0. The number of ether oxygens (including phenoxy) is 1. The first-order valence-corrected chi connectivity index (χ1v) is 8.56. The first-order valence-electron chi connectivity index (χ1n) is 7.10. The molecule has 0 aliphatic rings. The van der Waals surface area contributed by atoms with E-state index in [0.717, 1.165) is 6.54 Å². The fraction of sp³-hybridized carbons (Fsp3) is 0.923. The van der Waals surface area contributed by atoms with Crippen molar-refractivity contribution < 1.29 is 28.0 Å². The van der Waals surface area contributed by atoms with E-state index in [4.69, 9.17) is 9.26 Å². The summed E-state index contributed by atoms with van der Waals surface area (Å²) in [6.07, 6.45) is 0.640. The van der Waals surface area contributed by atoms with Crippen LogP contribution in [0.5, 0.6) is 0 Å². The molecule has 0 radical (unpaired) electrons. The van der Waals surface area contributed by atoms with Crippen LogP contribution in [0.1, 0.15) is 34.1 Å². The summed E-state index contributed by atoms with van der Waals surface area (Å²) in [4.78, 5) is 25.0. The second kappa shape index (κ2) is 9.54. The van der Waals surface area contributed by atoms with Crippen LogP contribution in [0.25, 0.3) is 0 Å². The molecule has 21 heavy (non-hydrogen) atoms. The van der Waals surface area contributed by atoms with E-state index in [1.54, 1.807) is 13.8 Å². The van der Waals surface area contributed by atoms with Crippen LogP contribution in [0, 0.1) is 5.41 Å². The van der Waals surface area contributed by atoms with E-state index in [0.29, 0.717) is 13.0 Å². The Morgan fingerprint density at radius 3 is 2.29 bits per heavy atom. The predicted molar refractivity (Wildman–Crippen MR) is 77.7 cm³/mol. The molecule has 0 aromatic carbocycles. The van der Waals surface area contributed by atoms with Crippen LogP contribution >= 0.6 is 7.82 Å². The summed E-state index contributed by atoms with van der Waals surface area (Å²) in [6, 6.07) is 0. The highest BCUT2D eigenvalue weighted by molar-refractivity contribution is 7.45. The molecule has 0 saturated carbocycles. The molecule has 0 bridgehead atoms. The Morgan fingerprint density at radius 2 is 1.76 bits per heavy atom. The van der Waals surface area contributed by atoms with E-state index in [2.05, 4.69) is 4.52 Å². The van der Waals surface area contributed by atoms with Crippen molar-refractivity contribution in [3.05, 3.63) is 0 Å². The number of carbonyl (C=O) groups is 1. The lowest BCUT2D eigenvalue weighted by molar-refractivity contribution is -0.226. The summed E-state index contributed by atoms with van der Waals surface area (Å²) >= 11 is 0. The molecule has 0 aliphatic heterocycles. The molecule has 0 fully saturated rings. The molecule has 0 heterocycles. The normalized spacial score (nSPS) is 15.0. The van der Waals surface area contributed by atoms with Crippen LogP contribution in [0.4, 0.5) is 0 Å². The van der Waals surface area contributed by atoms with Crippen molar-refractivity contribution in [3.63, 3.8) is 0 Å². The zero-order valence-electron chi connectivity index (χ0n) is 13.6. The highest BCUT2D eigenvalue weighted by atomic mass is 31.2. The van der Waals surface area contributed by atoms with Crippen molar-refractivity contribution in [3.8, 4) is 0 Å². The molecule has 0 saturated heterocycles. The average molecular weight is 324 g/mol. The van der Waals surface area contributed by atoms with Crippen molar-refractivity contribution in [1.29, 1.82) is 0 Å². The number of nitrogens with zero attached hydrogens (tertiary/aromatic N) is 1. The van der Waals surface area contributed by atoms with Gasteiger partial charge >= 0.3 is 5.97 Å². The van der Waals surface area contributed by atoms with Gasteiger partial charge < -0.3 is 23.6 Å². The molecule has 8 heteroatoms. The highest BCUT2D eigenvalue weighted by Crippen LogP contribution is 2.37. The molecule has 7 nitrogen and oxygen atoms in total. The first-order chi connectivity index (χ1) is 9.64. The number of likely N-dealkylation sites (N-methyl/N-ethyl adjacent to an activating group) is 1. The minimum atomic E-state index is -4.33. The Hall–Kier alpha value is -0.460. The van der Waals surface area contributed by atoms with E-state index >= 15 is 0 Å². The van der Waals surface area contributed by atoms with Gasteiger partial charge in [0.2, 0.25) is 0 Å². The van der Waals surface area contributed by atoms with E-state index in [9.17, 15) is 14.3 Å². The van der Waals surface area contributed by atoms with Crippen molar-refractivity contribution in [2.75, 3.05) is 40.0 Å². The number of esters is 1. The van der Waals surface area contributed by atoms with Gasteiger partial charge in [-0.15, -0.1) is 0 Å². The zero-order valence-corrected chi connectivity index (χ0v) is 14.5. The minimum absolute atomic E-state index is 0.0355. The highest BCUT2D eigenvalue weighted by Gasteiger charge is 2.26. The van der Waals surface area contributed by atoms with Crippen molar-refractivity contribution in [2.45, 2.75) is 34.1 Å². The second-order valence-corrected chi connectivity index (χ2v) is 6.79. The minimum Gasteiger partial charge on any atom is -0.756 e. The Bertz CT molecular complexity index is 361.